The van der Waals surface area contributed by atoms with Crippen LogP contribution in [0.4, 0.5) is 4.79 Å². The van der Waals surface area contributed by atoms with E-state index >= 15 is 0 Å². The maximum atomic E-state index is 11.9. The van der Waals surface area contributed by atoms with E-state index in [0.717, 1.165) is 13.1 Å². The number of carbonyl (C=O) groups excluding carboxylic acids is 2. The molecule has 0 radical (unpaired) electrons. The first-order valence-electron chi connectivity index (χ1n) is 6.22. The van der Waals surface area contributed by atoms with Crippen molar-refractivity contribution < 1.29 is 14.3 Å². The van der Waals surface area contributed by atoms with Crippen LogP contribution in [-0.4, -0.2) is 67.2 Å². The van der Waals surface area contributed by atoms with E-state index in [0.29, 0.717) is 13.1 Å². The summed E-state index contributed by atoms with van der Waals surface area (Å²) >= 11 is 0. The summed E-state index contributed by atoms with van der Waals surface area (Å²) in [6.45, 7) is 8.48. The van der Waals surface area contributed by atoms with Crippen molar-refractivity contribution in [3.05, 3.63) is 0 Å². The molecular formula is C12H23N3O3. The Morgan fingerprint density at radius 3 is 2.33 bits per heavy atom. The van der Waals surface area contributed by atoms with E-state index in [9.17, 15) is 9.59 Å². The standard InChI is InChI=1S/C12H23N3O3/c1-12(2,3)18-11(17)14(4)9-10(16)15-7-5-13-6-8-15/h13H,5-9H2,1-4H3. The number of hydrogen-bond acceptors (Lipinski definition) is 4. The van der Waals surface area contributed by atoms with Gasteiger partial charge in [0.2, 0.25) is 5.91 Å². The molecule has 0 aromatic rings. The zero-order chi connectivity index (χ0) is 13.8. The van der Waals surface area contributed by atoms with Gasteiger partial charge < -0.3 is 19.9 Å². The first-order valence-corrected chi connectivity index (χ1v) is 6.22. The minimum Gasteiger partial charge on any atom is -0.444 e. The topological polar surface area (TPSA) is 61.9 Å². The Labute approximate surface area is 108 Å². The predicted octanol–water partition coefficient (Wildman–Crippen LogP) is 0.285. The second-order valence-corrected chi connectivity index (χ2v) is 5.47. The van der Waals surface area contributed by atoms with Crippen LogP contribution in [0, 0.1) is 0 Å². The molecule has 1 aliphatic rings. The van der Waals surface area contributed by atoms with Gasteiger partial charge in [-0.3, -0.25) is 4.79 Å². The van der Waals surface area contributed by atoms with Crippen LogP contribution in [-0.2, 0) is 9.53 Å². The quantitative estimate of drug-likeness (QED) is 0.772. The van der Waals surface area contributed by atoms with Gasteiger partial charge in [0.15, 0.2) is 0 Å². The van der Waals surface area contributed by atoms with Crippen molar-refractivity contribution in [1.82, 2.24) is 15.1 Å². The van der Waals surface area contributed by atoms with E-state index in [1.807, 2.05) is 0 Å². The van der Waals surface area contributed by atoms with Crippen LogP contribution >= 0.6 is 0 Å². The minimum absolute atomic E-state index is 0.0372. The highest BCUT2D eigenvalue weighted by molar-refractivity contribution is 5.82. The van der Waals surface area contributed by atoms with Crippen LogP contribution in [0.25, 0.3) is 0 Å². The van der Waals surface area contributed by atoms with Gasteiger partial charge in [0.05, 0.1) is 0 Å². The van der Waals surface area contributed by atoms with Crippen molar-refractivity contribution in [2.45, 2.75) is 26.4 Å². The van der Waals surface area contributed by atoms with Gasteiger partial charge in [-0.15, -0.1) is 0 Å². The summed E-state index contributed by atoms with van der Waals surface area (Å²) < 4.78 is 5.19. The maximum absolute atomic E-state index is 11.9. The molecule has 1 rings (SSSR count). The third-order valence-corrected chi connectivity index (χ3v) is 2.55. The third-order valence-electron chi connectivity index (χ3n) is 2.55. The largest absolute Gasteiger partial charge is 0.444 e. The molecule has 2 amide bonds. The Hall–Kier alpha value is -1.30. The number of nitrogens with zero attached hydrogens (tertiary/aromatic N) is 2. The molecule has 1 N–H and O–H groups in total. The number of carbonyl (C=O) groups is 2. The van der Waals surface area contributed by atoms with E-state index in [1.165, 1.54) is 4.90 Å². The molecule has 104 valence electrons. The average molecular weight is 257 g/mol. The lowest BCUT2D eigenvalue weighted by molar-refractivity contribution is -0.132. The Kier molecular flexibility index (Phi) is 4.95. The molecule has 0 atom stereocenters. The first kappa shape index (κ1) is 14.8. The molecule has 0 aromatic carbocycles. The van der Waals surface area contributed by atoms with Gasteiger partial charge in [-0.2, -0.15) is 0 Å². The zero-order valence-electron chi connectivity index (χ0n) is 11.7. The van der Waals surface area contributed by atoms with E-state index in [1.54, 1.807) is 32.7 Å². The van der Waals surface area contributed by atoms with Gasteiger partial charge in [0.25, 0.3) is 0 Å². The lowest BCUT2D eigenvalue weighted by atomic mass is 10.2. The first-order chi connectivity index (χ1) is 8.29. The number of amides is 2. The number of piperazine rings is 1. The van der Waals surface area contributed by atoms with Crippen LogP contribution in [0.2, 0.25) is 0 Å². The van der Waals surface area contributed by atoms with Crippen LogP contribution in [0.1, 0.15) is 20.8 Å². The van der Waals surface area contributed by atoms with Crippen molar-refractivity contribution in [2.75, 3.05) is 39.8 Å². The van der Waals surface area contributed by atoms with Gasteiger partial charge in [-0.25, -0.2) is 4.79 Å². The molecule has 1 saturated heterocycles. The smallest absolute Gasteiger partial charge is 0.410 e. The highest BCUT2D eigenvalue weighted by Gasteiger charge is 2.23. The van der Waals surface area contributed by atoms with Crippen LogP contribution < -0.4 is 5.32 Å². The second-order valence-electron chi connectivity index (χ2n) is 5.47. The van der Waals surface area contributed by atoms with Crippen molar-refractivity contribution >= 4 is 12.0 Å². The highest BCUT2D eigenvalue weighted by Crippen LogP contribution is 2.09. The zero-order valence-corrected chi connectivity index (χ0v) is 11.7. The normalized spacial score (nSPS) is 16.3. The Bertz CT molecular complexity index is 306. The van der Waals surface area contributed by atoms with Crippen LogP contribution in [0.15, 0.2) is 0 Å². The Balaban J connectivity index is 2.41. The van der Waals surface area contributed by atoms with Crippen molar-refractivity contribution in [2.24, 2.45) is 0 Å². The minimum atomic E-state index is -0.538. The Morgan fingerprint density at radius 1 is 1.28 bits per heavy atom. The van der Waals surface area contributed by atoms with Gasteiger partial charge in [-0.1, -0.05) is 0 Å². The molecule has 0 aliphatic carbocycles. The number of hydrogen-bond donors (Lipinski definition) is 1. The molecule has 0 bridgehead atoms. The average Bonchev–Trinajstić information content (AvgIpc) is 2.27. The van der Waals surface area contributed by atoms with Crippen LogP contribution in [0.5, 0.6) is 0 Å². The van der Waals surface area contributed by atoms with Gasteiger partial charge in [0, 0.05) is 33.2 Å². The van der Waals surface area contributed by atoms with Crippen LogP contribution in [0.3, 0.4) is 0 Å². The van der Waals surface area contributed by atoms with Gasteiger partial charge in [0.1, 0.15) is 12.1 Å². The molecule has 6 nitrogen and oxygen atoms in total. The SMILES string of the molecule is CN(CC(=O)N1CCNCC1)C(=O)OC(C)(C)C. The molecule has 6 heteroatoms. The highest BCUT2D eigenvalue weighted by atomic mass is 16.6. The molecule has 0 spiro atoms. The summed E-state index contributed by atoms with van der Waals surface area (Å²) in [4.78, 5) is 26.7. The fourth-order valence-electron chi connectivity index (χ4n) is 1.62. The lowest BCUT2D eigenvalue weighted by Gasteiger charge is -2.30. The molecule has 0 aromatic heterocycles. The van der Waals surface area contributed by atoms with E-state index in [4.69, 9.17) is 4.74 Å². The maximum Gasteiger partial charge on any atom is 0.410 e. The van der Waals surface area contributed by atoms with E-state index in [2.05, 4.69) is 5.32 Å². The summed E-state index contributed by atoms with van der Waals surface area (Å²) in [6.07, 6.45) is -0.467. The molecule has 18 heavy (non-hydrogen) atoms. The summed E-state index contributed by atoms with van der Waals surface area (Å²) in [7, 11) is 1.58. The van der Waals surface area contributed by atoms with Crippen molar-refractivity contribution in [3.8, 4) is 0 Å². The molecule has 0 saturated carbocycles. The van der Waals surface area contributed by atoms with E-state index in [-0.39, 0.29) is 12.5 Å². The number of nitrogens with one attached hydrogen (secondary N) is 1. The predicted molar refractivity (Wildman–Crippen MR) is 68.3 cm³/mol. The second kappa shape index (κ2) is 6.04. The number of likely N-dealkylation sites (N-methyl/N-ethyl adjacent to an activating group) is 1. The lowest BCUT2D eigenvalue weighted by Crippen LogP contribution is -2.50. The summed E-state index contributed by atoms with van der Waals surface area (Å²) in [5, 5.41) is 3.18. The summed E-state index contributed by atoms with van der Waals surface area (Å²) in [5.41, 5.74) is -0.538. The molecule has 1 aliphatic heterocycles. The molecule has 1 heterocycles. The van der Waals surface area contributed by atoms with Gasteiger partial charge in [-0.05, 0) is 20.8 Å². The molecule has 0 unspecified atom stereocenters. The number of ether oxygens (including phenoxy) is 1. The number of rotatable bonds is 2. The van der Waals surface area contributed by atoms with Gasteiger partial charge >= 0.3 is 6.09 Å². The molecule has 1 fully saturated rings. The molecular weight excluding hydrogens is 234 g/mol. The van der Waals surface area contributed by atoms with Crippen molar-refractivity contribution in [1.29, 1.82) is 0 Å². The Morgan fingerprint density at radius 2 is 1.83 bits per heavy atom. The van der Waals surface area contributed by atoms with Crippen molar-refractivity contribution in [3.63, 3.8) is 0 Å². The fraction of sp³-hybridized carbons (Fsp3) is 0.833. The summed E-state index contributed by atoms with van der Waals surface area (Å²) in [6, 6.07) is 0. The third kappa shape index (κ3) is 4.91. The fourth-order valence-corrected chi connectivity index (χ4v) is 1.62. The summed E-state index contributed by atoms with van der Waals surface area (Å²) in [5.74, 6) is -0.0372. The van der Waals surface area contributed by atoms with E-state index < -0.39 is 11.7 Å². The monoisotopic (exact) mass is 257 g/mol.